The van der Waals surface area contributed by atoms with Crippen molar-refractivity contribution in [1.82, 2.24) is 5.32 Å². The molecule has 0 heterocycles. The second-order valence-corrected chi connectivity index (χ2v) is 5.10. The van der Waals surface area contributed by atoms with E-state index in [1.54, 1.807) is 0 Å². The summed E-state index contributed by atoms with van der Waals surface area (Å²) in [6, 6.07) is 10.8. The van der Waals surface area contributed by atoms with Crippen LogP contribution in [0.2, 0.25) is 0 Å². The van der Waals surface area contributed by atoms with Crippen LogP contribution < -0.4 is 10.1 Å². The van der Waals surface area contributed by atoms with Gasteiger partial charge in [0.2, 0.25) is 0 Å². The molecule has 0 radical (unpaired) electrons. The number of nitro benzene ring substituents is 1. The number of benzene rings is 2. The molecule has 0 spiro atoms. The predicted octanol–water partition coefficient (Wildman–Crippen LogP) is 1.97. The Morgan fingerprint density at radius 1 is 1.04 bits per heavy atom. The van der Waals surface area contributed by atoms with Crippen LogP contribution in [0.4, 0.5) is 10.1 Å². The van der Waals surface area contributed by atoms with Crippen molar-refractivity contribution in [3.8, 4) is 5.75 Å². The van der Waals surface area contributed by atoms with Crippen LogP contribution in [0, 0.1) is 15.9 Å². The molecule has 0 atom stereocenters. The highest BCUT2D eigenvalue weighted by atomic mass is 19.1. The Labute approximate surface area is 147 Å². The van der Waals surface area contributed by atoms with Crippen molar-refractivity contribution < 1.29 is 28.4 Å². The molecule has 9 heteroatoms. The maximum absolute atomic E-state index is 12.8. The molecule has 0 saturated heterocycles. The smallest absolute Gasteiger partial charge is 0.344 e. The average Bonchev–Trinajstić information content (AvgIpc) is 2.64. The summed E-state index contributed by atoms with van der Waals surface area (Å²) < 4.78 is 22.6. The molecule has 0 saturated carbocycles. The second kappa shape index (κ2) is 9.11. The molecule has 0 bridgehead atoms. The van der Waals surface area contributed by atoms with Crippen molar-refractivity contribution in [2.24, 2.45) is 0 Å². The number of carbonyl (C=O) groups is 2. The summed E-state index contributed by atoms with van der Waals surface area (Å²) in [6.07, 6.45) is 0. The van der Waals surface area contributed by atoms with Crippen LogP contribution in [0.15, 0.2) is 48.5 Å². The standard InChI is InChI=1S/C17H15FN2O6/c18-13-3-1-12(2-4-13)9-19-16(21)10-26-17(22)11-25-15-7-5-14(6-8-15)20(23)24/h1-8H,9-11H2,(H,19,21). The van der Waals surface area contributed by atoms with Gasteiger partial charge in [-0.15, -0.1) is 0 Å². The summed E-state index contributed by atoms with van der Waals surface area (Å²) in [5.41, 5.74) is 0.602. The van der Waals surface area contributed by atoms with Gasteiger partial charge in [0.25, 0.3) is 11.6 Å². The number of rotatable bonds is 8. The summed E-state index contributed by atoms with van der Waals surface area (Å²) in [6.45, 7) is -0.747. The molecule has 0 aliphatic heterocycles. The molecule has 8 nitrogen and oxygen atoms in total. The number of nitrogens with zero attached hydrogens (tertiary/aromatic N) is 1. The minimum absolute atomic E-state index is 0.0993. The zero-order chi connectivity index (χ0) is 18.9. The lowest BCUT2D eigenvalue weighted by atomic mass is 10.2. The van der Waals surface area contributed by atoms with E-state index in [2.05, 4.69) is 5.32 Å². The highest BCUT2D eigenvalue weighted by Crippen LogP contribution is 2.17. The lowest BCUT2D eigenvalue weighted by molar-refractivity contribution is -0.384. The van der Waals surface area contributed by atoms with E-state index in [1.165, 1.54) is 48.5 Å². The summed E-state index contributed by atoms with van der Waals surface area (Å²) in [5.74, 6) is -1.39. The number of esters is 1. The molecule has 0 aliphatic carbocycles. The van der Waals surface area contributed by atoms with Crippen molar-refractivity contribution in [1.29, 1.82) is 0 Å². The molecule has 2 aromatic carbocycles. The Balaban J connectivity index is 1.66. The van der Waals surface area contributed by atoms with E-state index >= 15 is 0 Å². The molecule has 26 heavy (non-hydrogen) atoms. The van der Waals surface area contributed by atoms with Gasteiger partial charge >= 0.3 is 5.97 Å². The maximum atomic E-state index is 12.8. The second-order valence-electron chi connectivity index (χ2n) is 5.10. The molecule has 1 amide bonds. The Bertz CT molecular complexity index is 777. The highest BCUT2D eigenvalue weighted by molar-refractivity contribution is 5.80. The van der Waals surface area contributed by atoms with Crippen molar-refractivity contribution in [2.75, 3.05) is 13.2 Å². The largest absolute Gasteiger partial charge is 0.482 e. The minimum atomic E-state index is -0.764. The first-order chi connectivity index (χ1) is 12.4. The number of ether oxygens (including phenoxy) is 2. The van der Waals surface area contributed by atoms with Gasteiger partial charge in [0, 0.05) is 18.7 Å². The molecule has 0 unspecified atom stereocenters. The van der Waals surface area contributed by atoms with Crippen LogP contribution in [0.1, 0.15) is 5.56 Å². The van der Waals surface area contributed by atoms with Gasteiger partial charge in [0.05, 0.1) is 4.92 Å². The van der Waals surface area contributed by atoms with E-state index in [0.717, 1.165) is 0 Å². The van der Waals surface area contributed by atoms with Gasteiger partial charge in [-0.05, 0) is 29.8 Å². The molecule has 2 rings (SSSR count). The fourth-order valence-electron chi connectivity index (χ4n) is 1.85. The van der Waals surface area contributed by atoms with E-state index in [4.69, 9.17) is 9.47 Å². The molecular weight excluding hydrogens is 347 g/mol. The predicted molar refractivity (Wildman–Crippen MR) is 87.8 cm³/mol. The van der Waals surface area contributed by atoms with Crippen LogP contribution in [-0.4, -0.2) is 30.0 Å². The van der Waals surface area contributed by atoms with Gasteiger partial charge in [-0.25, -0.2) is 9.18 Å². The van der Waals surface area contributed by atoms with E-state index < -0.39 is 30.0 Å². The lowest BCUT2D eigenvalue weighted by Crippen LogP contribution is -2.29. The topological polar surface area (TPSA) is 108 Å². The zero-order valence-corrected chi connectivity index (χ0v) is 13.5. The molecule has 1 N–H and O–H groups in total. The third-order valence-electron chi connectivity index (χ3n) is 3.17. The van der Waals surface area contributed by atoms with E-state index in [-0.39, 0.29) is 23.8 Å². The maximum Gasteiger partial charge on any atom is 0.344 e. The first kappa shape index (κ1) is 18.8. The third kappa shape index (κ3) is 6.19. The quantitative estimate of drug-likeness (QED) is 0.437. The van der Waals surface area contributed by atoms with Crippen molar-refractivity contribution in [2.45, 2.75) is 6.54 Å². The van der Waals surface area contributed by atoms with Gasteiger partial charge in [-0.1, -0.05) is 12.1 Å². The van der Waals surface area contributed by atoms with Crippen LogP contribution in [0.25, 0.3) is 0 Å². The van der Waals surface area contributed by atoms with Gasteiger partial charge in [0.15, 0.2) is 13.2 Å². The van der Waals surface area contributed by atoms with Gasteiger partial charge < -0.3 is 14.8 Å². The summed E-state index contributed by atoms with van der Waals surface area (Å²) in [5, 5.41) is 13.0. The average molecular weight is 362 g/mol. The van der Waals surface area contributed by atoms with Crippen molar-refractivity contribution in [3.05, 3.63) is 70.0 Å². The third-order valence-corrected chi connectivity index (χ3v) is 3.17. The Morgan fingerprint density at radius 2 is 1.69 bits per heavy atom. The number of non-ortho nitro benzene ring substituents is 1. The highest BCUT2D eigenvalue weighted by Gasteiger charge is 2.10. The number of carbonyl (C=O) groups excluding carboxylic acids is 2. The number of nitro groups is 1. The Hall–Kier alpha value is -3.49. The van der Waals surface area contributed by atoms with Gasteiger partial charge in [0.1, 0.15) is 11.6 Å². The Morgan fingerprint density at radius 3 is 2.31 bits per heavy atom. The molecule has 0 aliphatic rings. The zero-order valence-electron chi connectivity index (χ0n) is 13.5. The van der Waals surface area contributed by atoms with Gasteiger partial charge in [-0.2, -0.15) is 0 Å². The summed E-state index contributed by atoms with van der Waals surface area (Å²) >= 11 is 0. The summed E-state index contributed by atoms with van der Waals surface area (Å²) in [7, 11) is 0. The minimum Gasteiger partial charge on any atom is -0.482 e. The fourth-order valence-corrected chi connectivity index (χ4v) is 1.85. The summed E-state index contributed by atoms with van der Waals surface area (Å²) in [4.78, 5) is 33.1. The van der Waals surface area contributed by atoms with Crippen LogP contribution in [-0.2, 0) is 20.9 Å². The normalized spacial score (nSPS) is 10.0. The number of hydrogen-bond acceptors (Lipinski definition) is 6. The van der Waals surface area contributed by atoms with E-state index in [1.807, 2.05) is 0 Å². The first-order valence-electron chi connectivity index (χ1n) is 7.48. The number of hydrogen-bond donors (Lipinski definition) is 1. The van der Waals surface area contributed by atoms with Crippen LogP contribution in [0.5, 0.6) is 5.75 Å². The van der Waals surface area contributed by atoms with E-state index in [0.29, 0.717) is 5.56 Å². The number of amides is 1. The van der Waals surface area contributed by atoms with E-state index in [9.17, 15) is 24.1 Å². The molecule has 136 valence electrons. The van der Waals surface area contributed by atoms with Crippen molar-refractivity contribution >= 4 is 17.6 Å². The fraction of sp³-hybridized carbons (Fsp3) is 0.176. The monoisotopic (exact) mass is 362 g/mol. The molecular formula is C17H15FN2O6. The lowest BCUT2D eigenvalue weighted by Gasteiger charge is -2.08. The van der Waals surface area contributed by atoms with Crippen LogP contribution in [0.3, 0.4) is 0 Å². The Kier molecular flexibility index (Phi) is 6.60. The van der Waals surface area contributed by atoms with Gasteiger partial charge in [-0.3, -0.25) is 14.9 Å². The molecule has 0 fully saturated rings. The van der Waals surface area contributed by atoms with Crippen molar-refractivity contribution in [3.63, 3.8) is 0 Å². The first-order valence-corrected chi connectivity index (χ1v) is 7.48. The number of halogens is 1. The number of nitrogens with one attached hydrogen (secondary N) is 1. The molecule has 0 aromatic heterocycles. The SMILES string of the molecule is O=C(COC(=O)COc1ccc([N+](=O)[O-])cc1)NCc1ccc(F)cc1. The van der Waals surface area contributed by atoms with Crippen LogP contribution >= 0.6 is 0 Å². The molecule has 2 aromatic rings.